The lowest BCUT2D eigenvalue weighted by Gasteiger charge is -2.02. The number of carbonyl (C=O) groups excluding carboxylic acids is 1. The number of para-hydroxylation sites is 1. The Morgan fingerprint density at radius 1 is 1.13 bits per heavy atom. The molecule has 4 heteroatoms. The van der Waals surface area contributed by atoms with Gasteiger partial charge in [-0.1, -0.05) is 47.5 Å². The van der Waals surface area contributed by atoms with Gasteiger partial charge in [-0.05, 0) is 42.3 Å². The highest BCUT2D eigenvalue weighted by Gasteiger charge is 2.29. The van der Waals surface area contributed by atoms with Crippen LogP contribution < -0.4 is 0 Å². The van der Waals surface area contributed by atoms with E-state index in [1.54, 1.807) is 12.1 Å². The number of hydrogen-bond donors (Lipinski definition) is 0. The van der Waals surface area contributed by atoms with Gasteiger partial charge in [0, 0.05) is 26.5 Å². The number of allylic oxidation sites excluding steroid dienone is 1. The van der Waals surface area contributed by atoms with Gasteiger partial charge < -0.3 is 4.57 Å². The second kappa shape index (κ2) is 5.26. The largest absolute Gasteiger partial charge is 0.333 e. The second-order valence-electron chi connectivity index (χ2n) is 5.74. The maximum atomic E-state index is 12.8. The molecule has 23 heavy (non-hydrogen) atoms. The van der Waals surface area contributed by atoms with Crippen molar-refractivity contribution in [2.24, 2.45) is 0 Å². The molecule has 3 aromatic rings. The molecule has 2 heterocycles. The molecular weight excluding hydrogens is 329 g/mol. The first-order chi connectivity index (χ1) is 11.1. The van der Waals surface area contributed by atoms with Gasteiger partial charge in [0.25, 0.3) is 0 Å². The van der Waals surface area contributed by atoms with Crippen LogP contribution >= 0.6 is 23.2 Å². The molecule has 0 saturated carbocycles. The summed E-state index contributed by atoms with van der Waals surface area (Å²) in [5, 5.41) is 2.28. The van der Waals surface area contributed by atoms with Crippen LogP contribution in [0.15, 0.2) is 48.0 Å². The van der Waals surface area contributed by atoms with Gasteiger partial charge in [0.05, 0.1) is 12.2 Å². The van der Waals surface area contributed by atoms with E-state index in [0.717, 1.165) is 33.3 Å². The van der Waals surface area contributed by atoms with Crippen molar-refractivity contribution in [2.75, 3.05) is 0 Å². The Hall–Kier alpha value is -2.03. The minimum Gasteiger partial charge on any atom is -0.333 e. The van der Waals surface area contributed by atoms with Crippen LogP contribution in [-0.2, 0) is 6.54 Å². The van der Waals surface area contributed by atoms with E-state index < -0.39 is 0 Å². The smallest absolute Gasteiger partial charge is 0.207 e. The van der Waals surface area contributed by atoms with Crippen LogP contribution in [0.2, 0.25) is 10.0 Å². The average Bonchev–Trinajstić information content (AvgIpc) is 3.00. The summed E-state index contributed by atoms with van der Waals surface area (Å²) in [5.41, 5.74) is 4.47. The highest BCUT2D eigenvalue weighted by Crippen LogP contribution is 2.34. The van der Waals surface area contributed by atoms with Crippen molar-refractivity contribution in [3.63, 3.8) is 0 Å². The van der Waals surface area contributed by atoms with Crippen LogP contribution in [0.5, 0.6) is 0 Å². The fourth-order valence-electron chi connectivity index (χ4n) is 3.25. The van der Waals surface area contributed by atoms with Crippen molar-refractivity contribution < 1.29 is 4.79 Å². The lowest BCUT2D eigenvalue weighted by Crippen LogP contribution is -1.97. The van der Waals surface area contributed by atoms with Gasteiger partial charge in [-0.3, -0.25) is 4.79 Å². The molecule has 0 aliphatic carbocycles. The van der Waals surface area contributed by atoms with Crippen molar-refractivity contribution in [1.82, 2.24) is 4.57 Å². The van der Waals surface area contributed by atoms with E-state index in [1.807, 2.05) is 31.2 Å². The topological polar surface area (TPSA) is 22.0 Å². The van der Waals surface area contributed by atoms with E-state index in [2.05, 4.69) is 16.7 Å². The van der Waals surface area contributed by atoms with Crippen LogP contribution in [0.3, 0.4) is 0 Å². The van der Waals surface area contributed by atoms with Crippen LogP contribution in [0.1, 0.15) is 21.6 Å². The Bertz CT molecular complexity index is 998. The first-order valence-corrected chi connectivity index (χ1v) is 8.10. The van der Waals surface area contributed by atoms with Crippen molar-refractivity contribution in [3.8, 4) is 0 Å². The minimum atomic E-state index is 0.0738. The Labute approximate surface area is 143 Å². The number of carbonyl (C=O) groups is 1. The maximum Gasteiger partial charge on any atom is 0.207 e. The second-order valence-corrected chi connectivity index (χ2v) is 6.59. The van der Waals surface area contributed by atoms with Gasteiger partial charge in [-0.25, -0.2) is 0 Å². The van der Waals surface area contributed by atoms with E-state index in [0.29, 0.717) is 16.6 Å². The number of fused-ring (bicyclic) bond motifs is 3. The van der Waals surface area contributed by atoms with Crippen LogP contribution in [0.25, 0.3) is 17.0 Å². The van der Waals surface area contributed by atoms with Crippen LogP contribution in [0, 0.1) is 6.92 Å². The van der Waals surface area contributed by atoms with Gasteiger partial charge in [0.15, 0.2) is 0 Å². The molecule has 1 aliphatic rings. The van der Waals surface area contributed by atoms with Crippen LogP contribution in [-0.4, -0.2) is 10.4 Å². The normalized spacial score (nSPS) is 15.6. The number of aromatic nitrogens is 1. The summed E-state index contributed by atoms with van der Waals surface area (Å²) in [6, 6.07) is 13.4. The van der Waals surface area contributed by atoms with E-state index in [-0.39, 0.29) is 5.78 Å². The molecule has 0 fully saturated rings. The van der Waals surface area contributed by atoms with E-state index >= 15 is 0 Å². The molecule has 114 valence electrons. The lowest BCUT2D eigenvalue weighted by molar-refractivity contribution is 0.103. The fourth-order valence-corrected chi connectivity index (χ4v) is 3.71. The molecule has 2 aromatic carbocycles. The number of halogens is 2. The van der Waals surface area contributed by atoms with Gasteiger partial charge in [-0.15, -0.1) is 0 Å². The number of aryl methyl sites for hydroxylation is 1. The third kappa shape index (κ3) is 2.21. The quantitative estimate of drug-likeness (QED) is 0.533. The zero-order valence-corrected chi connectivity index (χ0v) is 13.9. The summed E-state index contributed by atoms with van der Waals surface area (Å²) in [4.78, 5) is 12.8. The van der Waals surface area contributed by atoms with Crippen LogP contribution in [0.4, 0.5) is 0 Å². The Morgan fingerprint density at radius 2 is 1.91 bits per heavy atom. The molecule has 0 bridgehead atoms. The van der Waals surface area contributed by atoms with Crippen molar-refractivity contribution >= 4 is 46.0 Å². The first-order valence-electron chi connectivity index (χ1n) is 7.34. The predicted molar refractivity (Wildman–Crippen MR) is 95.4 cm³/mol. The molecule has 0 N–H and O–H groups in total. The van der Waals surface area contributed by atoms with Crippen molar-refractivity contribution in [1.29, 1.82) is 0 Å². The molecule has 0 radical (unpaired) electrons. The first kappa shape index (κ1) is 14.6. The van der Waals surface area contributed by atoms with E-state index in [9.17, 15) is 4.79 Å². The molecule has 0 amide bonds. The summed E-state index contributed by atoms with van der Waals surface area (Å²) in [6.45, 7) is 2.58. The molecule has 4 rings (SSSR count). The van der Waals surface area contributed by atoms with Crippen molar-refractivity contribution in [3.05, 3.63) is 74.9 Å². The summed E-state index contributed by atoms with van der Waals surface area (Å²) in [6.07, 6.45) is 1.86. The van der Waals surface area contributed by atoms with E-state index in [4.69, 9.17) is 23.2 Å². The van der Waals surface area contributed by atoms with Gasteiger partial charge in [-0.2, -0.15) is 0 Å². The number of hydrogen-bond acceptors (Lipinski definition) is 1. The molecule has 1 aliphatic heterocycles. The molecule has 0 spiro atoms. The molecule has 2 nitrogen and oxygen atoms in total. The highest BCUT2D eigenvalue weighted by atomic mass is 35.5. The average molecular weight is 342 g/mol. The predicted octanol–water partition coefficient (Wildman–Crippen LogP) is 5.54. The summed E-state index contributed by atoms with van der Waals surface area (Å²) in [7, 11) is 0. The van der Waals surface area contributed by atoms with Crippen molar-refractivity contribution in [2.45, 2.75) is 13.5 Å². The fraction of sp³-hybridized carbons (Fsp3) is 0.105. The highest BCUT2D eigenvalue weighted by molar-refractivity contribution is 6.35. The zero-order valence-electron chi connectivity index (χ0n) is 12.4. The molecular formula is C19H13Cl2NO. The Morgan fingerprint density at radius 3 is 2.70 bits per heavy atom. The molecule has 0 unspecified atom stereocenters. The maximum absolute atomic E-state index is 12.8. The lowest BCUT2D eigenvalue weighted by atomic mass is 10.0. The third-order valence-electron chi connectivity index (χ3n) is 4.35. The number of Topliss-reactive ketones (excluding diaryl/α,β-unsaturated/α-hetero) is 1. The summed E-state index contributed by atoms with van der Waals surface area (Å²) >= 11 is 12.1. The molecule has 1 aromatic heterocycles. The standard InChI is InChI=1S/C19H13Cl2NO/c1-11-15-4-2-3-5-17(15)22-10-13(19(23)18(11)22)8-12-6-7-14(20)9-16(12)21/h2-9H,10H2,1H3. The molecule has 0 atom stereocenters. The van der Waals surface area contributed by atoms with E-state index in [1.165, 1.54) is 0 Å². The van der Waals surface area contributed by atoms with Gasteiger partial charge >= 0.3 is 0 Å². The zero-order chi connectivity index (χ0) is 16.1. The minimum absolute atomic E-state index is 0.0738. The number of nitrogens with zero attached hydrogens (tertiary/aromatic N) is 1. The molecule has 0 saturated heterocycles. The number of rotatable bonds is 1. The SMILES string of the molecule is Cc1c2n(c3ccccc13)CC(=Cc1ccc(Cl)cc1Cl)C2=O. The summed E-state index contributed by atoms with van der Waals surface area (Å²) in [5.74, 6) is 0.0738. The van der Waals surface area contributed by atoms with Gasteiger partial charge in [0.2, 0.25) is 5.78 Å². The number of benzene rings is 2. The summed E-state index contributed by atoms with van der Waals surface area (Å²) < 4.78 is 2.09. The Kier molecular flexibility index (Phi) is 3.33. The number of ketones is 1. The van der Waals surface area contributed by atoms with Gasteiger partial charge in [0.1, 0.15) is 0 Å². The monoisotopic (exact) mass is 341 g/mol. The Balaban J connectivity index is 1.84. The third-order valence-corrected chi connectivity index (χ3v) is 4.91.